The van der Waals surface area contributed by atoms with Crippen LogP contribution < -0.4 is 10.6 Å². The van der Waals surface area contributed by atoms with Crippen LogP contribution in [0.1, 0.15) is 19.3 Å². The summed E-state index contributed by atoms with van der Waals surface area (Å²) < 4.78 is 0. The number of nitrogens with zero attached hydrogens (tertiary/aromatic N) is 2. The first-order chi connectivity index (χ1) is 9.72. The van der Waals surface area contributed by atoms with Crippen LogP contribution in [0.2, 0.25) is 0 Å². The van der Waals surface area contributed by atoms with E-state index in [4.69, 9.17) is 0 Å². The summed E-state index contributed by atoms with van der Waals surface area (Å²) in [6.07, 6.45) is 3.66. The van der Waals surface area contributed by atoms with E-state index in [0.29, 0.717) is 17.5 Å². The lowest BCUT2D eigenvalue weighted by molar-refractivity contribution is -0.384. The number of anilines is 1. The average Bonchev–Trinajstić information content (AvgIpc) is 2.88. The Morgan fingerprint density at radius 1 is 1.45 bits per heavy atom. The second kappa shape index (κ2) is 5.46. The molecule has 3 rings (SSSR count). The molecule has 1 saturated heterocycles. The number of non-ortho nitro benzene ring substituents is 1. The molecule has 2 heterocycles. The second-order valence-corrected chi connectivity index (χ2v) is 5.07. The maximum atomic E-state index is 10.7. The van der Waals surface area contributed by atoms with Crippen molar-refractivity contribution in [3.63, 3.8) is 0 Å². The summed E-state index contributed by atoms with van der Waals surface area (Å²) in [5.74, 6) is 0.660. The van der Waals surface area contributed by atoms with Gasteiger partial charge in [0.05, 0.1) is 16.0 Å². The summed E-state index contributed by atoms with van der Waals surface area (Å²) in [5.41, 5.74) is 1.48. The van der Waals surface area contributed by atoms with Crippen molar-refractivity contribution in [2.75, 3.05) is 18.4 Å². The number of benzene rings is 1. The molecule has 0 radical (unpaired) electrons. The van der Waals surface area contributed by atoms with Gasteiger partial charge in [-0.25, -0.2) is 4.98 Å². The van der Waals surface area contributed by atoms with Crippen LogP contribution in [0.25, 0.3) is 11.0 Å². The molecule has 0 amide bonds. The highest BCUT2D eigenvalue weighted by molar-refractivity contribution is 5.79. The van der Waals surface area contributed by atoms with Gasteiger partial charge in [0.15, 0.2) is 0 Å². The van der Waals surface area contributed by atoms with Gasteiger partial charge in [-0.1, -0.05) is 6.42 Å². The molecule has 1 aromatic carbocycles. The third-order valence-corrected chi connectivity index (χ3v) is 3.60. The van der Waals surface area contributed by atoms with E-state index in [0.717, 1.165) is 18.6 Å². The first-order valence-electron chi connectivity index (χ1n) is 6.84. The quantitative estimate of drug-likeness (QED) is 0.586. The van der Waals surface area contributed by atoms with Gasteiger partial charge in [-0.3, -0.25) is 10.1 Å². The summed E-state index contributed by atoms with van der Waals surface area (Å²) in [6, 6.07) is 5.10. The Kier molecular flexibility index (Phi) is 3.51. The maximum absolute atomic E-state index is 10.7. The zero-order valence-corrected chi connectivity index (χ0v) is 11.1. The van der Waals surface area contributed by atoms with Crippen LogP contribution in [0.15, 0.2) is 18.2 Å². The molecule has 1 aliphatic heterocycles. The Balaban J connectivity index is 1.70. The second-order valence-electron chi connectivity index (χ2n) is 5.07. The molecule has 3 N–H and O–H groups in total. The molecule has 20 heavy (non-hydrogen) atoms. The van der Waals surface area contributed by atoms with E-state index in [-0.39, 0.29) is 5.69 Å². The molecular weight excluding hydrogens is 258 g/mol. The number of fused-ring (bicyclic) bond motifs is 1. The van der Waals surface area contributed by atoms with Gasteiger partial charge >= 0.3 is 0 Å². The van der Waals surface area contributed by atoms with Gasteiger partial charge in [0.1, 0.15) is 0 Å². The summed E-state index contributed by atoms with van der Waals surface area (Å²) in [5, 5.41) is 17.4. The van der Waals surface area contributed by atoms with Gasteiger partial charge in [-0.05, 0) is 25.5 Å². The van der Waals surface area contributed by atoms with Crippen LogP contribution >= 0.6 is 0 Å². The molecule has 0 aliphatic carbocycles. The first kappa shape index (κ1) is 12.9. The molecule has 0 saturated carbocycles. The summed E-state index contributed by atoms with van der Waals surface area (Å²) in [4.78, 5) is 17.8. The standard InChI is InChI=1S/C13H17N5O2/c19-18(20)10-4-5-11-12(7-10)17-13(16-11)15-8-9-3-1-2-6-14-9/h4-5,7,9,14H,1-3,6,8H2,(H2,15,16,17)/t9-/m0/s1. The highest BCUT2D eigenvalue weighted by atomic mass is 16.6. The Hall–Kier alpha value is -2.15. The number of hydrogen-bond acceptors (Lipinski definition) is 5. The van der Waals surface area contributed by atoms with Crippen LogP contribution in [-0.2, 0) is 0 Å². The van der Waals surface area contributed by atoms with Crippen LogP contribution in [-0.4, -0.2) is 34.0 Å². The van der Waals surface area contributed by atoms with Crippen LogP contribution in [0.4, 0.5) is 11.6 Å². The van der Waals surface area contributed by atoms with Gasteiger partial charge in [0.2, 0.25) is 5.95 Å². The number of nitro groups is 1. The molecule has 2 aromatic rings. The molecule has 0 unspecified atom stereocenters. The van der Waals surface area contributed by atoms with Crippen LogP contribution in [0.5, 0.6) is 0 Å². The first-order valence-corrected chi connectivity index (χ1v) is 6.84. The normalized spacial score (nSPS) is 19.1. The Bertz CT molecular complexity index is 618. The Morgan fingerprint density at radius 2 is 2.35 bits per heavy atom. The van der Waals surface area contributed by atoms with E-state index in [1.54, 1.807) is 6.07 Å². The number of nitrogens with one attached hydrogen (secondary N) is 3. The molecule has 7 nitrogen and oxygen atoms in total. The summed E-state index contributed by atoms with van der Waals surface area (Å²) in [7, 11) is 0. The lowest BCUT2D eigenvalue weighted by atomic mass is 10.1. The maximum Gasteiger partial charge on any atom is 0.271 e. The molecule has 1 fully saturated rings. The van der Waals surface area contributed by atoms with Gasteiger partial charge < -0.3 is 15.6 Å². The number of hydrogen-bond donors (Lipinski definition) is 3. The van der Waals surface area contributed by atoms with E-state index in [1.807, 2.05) is 0 Å². The van der Waals surface area contributed by atoms with Gasteiger partial charge in [-0.15, -0.1) is 0 Å². The van der Waals surface area contributed by atoms with Crippen molar-refractivity contribution < 1.29 is 4.92 Å². The van der Waals surface area contributed by atoms with Crippen molar-refractivity contribution >= 4 is 22.7 Å². The lowest BCUT2D eigenvalue weighted by Gasteiger charge is -2.23. The number of imidazole rings is 1. The van der Waals surface area contributed by atoms with Crippen molar-refractivity contribution in [1.82, 2.24) is 15.3 Å². The molecule has 106 valence electrons. The van der Waals surface area contributed by atoms with Crippen LogP contribution in [0.3, 0.4) is 0 Å². The van der Waals surface area contributed by atoms with Crippen molar-refractivity contribution in [3.8, 4) is 0 Å². The fraction of sp³-hybridized carbons (Fsp3) is 0.462. The van der Waals surface area contributed by atoms with Crippen molar-refractivity contribution in [2.45, 2.75) is 25.3 Å². The minimum Gasteiger partial charge on any atom is -0.354 e. The fourth-order valence-electron chi connectivity index (χ4n) is 2.51. The third-order valence-electron chi connectivity index (χ3n) is 3.60. The predicted molar refractivity (Wildman–Crippen MR) is 76.9 cm³/mol. The van der Waals surface area contributed by atoms with Gasteiger partial charge in [-0.2, -0.15) is 0 Å². The van der Waals surface area contributed by atoms with Crippen molar-refractivity contribution in [1.29, 1.82) is 0 Å². The van der Waals surface area contributed by atoms with Crippen molar-refractivity contribution in [3.05, 3.63) is 28.3 Å². The molecule has 1 aliphatic rings. The fourth-order valence-corrected chi connectivity index (χ4v) is 2.51. The largest absolute Gasteiger partial charge is 0.354 e. The average molecular weight is 275 g/mol. The molecular formula is C13H17N5O2. The minimum atomic E-state index is -0.403. The predicted octanol–water partition coefficient (Wildman–Crippen LogP) is 2.03. The number of rotatable bonds is 4. The monoisotopic (exact) mass is 275 g/mol. The minimum absolute atomic E-state index is 0.0710. The highest BCUT2D eigenvalue weighted by Gasteiger charge is 2.13. The Labute approximate surface area is 115 Å². The Morgan fingerprint density at radius 3 is 3.10 bits per heavy atom. The third kappa shape index (κ3) is 2.72. The van der Waals surface area contributed by atoms with Gasteiger partial charge in [0.25, 0.3) is 5.69 Å². The summed E-state index contributed by atoms with van der Waals surface area (Å²) >= 11 is 0. The van der Waals surface area contributed by atoms with E-state index in [1.165, 1.54) is 31.4 Å². The zero-order valence-electron chi connectivity index (χ0n) is 11.1. The molecule has 1 aromatic heterocycles. The van der Waals surface area contributed by atoms with Gasteiger partial charge in [0, 0.05) is 24.7 Å². The molecule has 0 spiro atoms. The van der Waals surface area contributed by atoms with Crippen LogP contribution in [0, 0.1) is 10.1 Å². The highest BCUT2D eigenvalue weighted by Crippen LogP contribution is 2.20. The number of aromatic nitrogens is 2. The number of piperidine rings is 1. The molecule has 1 atom stereocenters. The number of H-pyrrole nitrogens is 1. The molecule has 7 heteroatoms. The van der Waals surface area contributed by atoms with Crippen molar-refractivity contribution in [2.24, 2.45) is 0 Å². The van der Waals surface area contributed by atoms with E-state index >= 15 is 0 Å². The molecule has 0 bridgehead atoms. The SMILES string of the molecule is O=[N+]([O-])c1ccc2nc(NC[C@@H]3CCCCN3)[nH]c2c1. The number of nitro benzene ring substituents is 1. The smallest absolute Gasteiger partial charge is 0.271 e. The zero-order chi connectivity index (χ0) is 13.9. The summed E-state index contributed by atoms with van der Waals surface area (Å²) in [6.45, 7) is 1.88. The van der Waals surface area contributed by atoms with E-state index in [2.05, 4.69) is 20.6 Å². The lowest BCUT2D eigenvalue weighted by Crippen LogP contribution is -2.39. The van der Waals surface area contributed by atoms with E-state index < -0.39 is 4.92 Å². The topological polar surface area (TPSA) is 95.9 Å². The number of aromatic amines is 1. The van der Waals surface area contributed by atoms with E-state index in [9.17, 15) is 10.1 Å².